The van der Waals surface area contributed by atoms with Gasteiger partial charge in [0.1, 0.15) is 0 Å². The zero-order valence-corrected chi connectivity index (χ0v) is 14.4. The molecule has 2 rings (SSSR count). The summed E-state index contributed by atoms with van der Waals surface area (Å²) in [6.07, 6.45) is 0. The van der Waals surface area contributed by atoms with Gasteiger partial charge in [-0.3, -0.25) is 10.1 Å². The highest BCUT2D eigenvalue weighted by molar-refractivity contribution is 7.80. The summed E-state index contributed by atoms with van der Waals surface area (Å²) in [7, 11) is 0. The maximum Gasteiger partial charge on any atom is 0.257 e. The Morgan fingerprint density at radius 2 is 1.50 bits per heavy atom. The Hall–Kier alpha value is -1.62. The van der Waals surface area contributed by atoms with E-state index < -0.39 is 0 Å². The molecule has 0 fully saturated rings. The van der Waals surface area contributed by atoms with E-state index in [1.54, 1.807) is 30.3 Å². The van der Waals surface area contributed by atoms with Crippen molar-refractivity contribution in [3.8, 4) is 0 Å². The van der Waals surface area contributed by atoms with Crippen LogP contribution in [0.5, 0.6) is 0 Å². The first kappa shape index (κ1) is 16.7. The minimum Gasteiger partial charge on any atom is -0.332 e. The topological polar surface area (TPSA) is 41.1 Å². The van der Waals surface area contributed by atoms with Crippen molar-refractivity contribution in [1.29, 1.82) is 0 Å². The van der Waals surface area contributed by atoms with Crippen LogP contribution in [0, 0.1) is 13.8 Å². The molecule has 0 saturated heterocycles. The predicted octanol–water partition coefficient (Wildman–Crippen LogP) is 4.74. The van der Waals surface area contributed by atoms with Crippen molar-refractivity contribution in [1.82, 2.24) is 5.32 Å². The lowest BCUT2D eigenvalue weighted by Gasteiger charge is -2.11. The number of hydrogen-bond donors (Lipinski definition) is 2. The summed E-state index contributed by atoms with van der Waals surface area (Å²) >= 11 is 17.0. The number of benzene rings is 2. The Bertz CT molecular complexity index is 706. The molecule has 0 spiro atoms. The molecule has 2 aromatic carbocycles. The smallest absolute Gasteiger partial charge is 0.257 e. The molecule has 0 atom stereocenters. The van der Waals surface area contributed by atoms with Crippen LogP contribution >= 0.6 is 35.4 Å². The van der Waals surface area contributed by atoms with Crippen LogP contribution in [-0.2, 0) is 0 Å². The standard InChI is InChI=1S/C16H14Cl2N2OS/c1-9-3-10(2)5-11(4-9)15(21)20-16(22)19-14-7-12(17)6-13(18)8-14/h3-8H,1-2H3,(H2,19,20,21,22). The van der Waals surface area contributed by atoms with Gasteiger partial charge in [0.25, 0.3) is 5.91 Å². The third kappa shape index (κ3) is 4.70. The maximum atomic E-state index is 12.2. The van der Waals surface area contributed by atoms with E-state index >= 15 is 0 Å². The van der Waals surface area contributed by atoms with Crippen molar-refractivity contribution in [3.63, 3.8) is 0 Å². The molecule has 0 saturated carbocycles. The summed E-state index contributed by atoms with van der Waals surface area (Å²) in [4.78, 5) is 12.2. The van der Waals surface area contributed by atoms with Gasteiger partial charge in [-0.1, -0.05) is 40.4 Å². The second kappa shape index (κ2) is 7.09. The van der Waals surface area contributed by atoms with Gasteiger partial charge < -0.3 is 5.32 Å². The van der Waals surface area contributed by atoms with E-state index in [1.807, 2.05) is 19.9 Å². The zero-order valence-electron chi connectivity index (χ0n) is 12.0. The van der Waals surface area contributed by atoms with Gasteiger partial charge >= 0.3 is 0 Å². The Balaban J connectivity index is 2.06. The monoisotopic (exact) mass is 352 g/mol. The fourth-order valence-corrected chi connectivity index (χ4v) is 2.81. The number of hydrogen-bond acceptors (Lipinski definition) is 2. The van der Waals surface area contributed by atoms with E-state index in [9.17, 15) is 4.79 Å². The van der Waals surface area contributed by atoms with E-state index in [0.29, 0.717) is 21.3 Å². The number of amides is 1. The minimum absolute atomic E-state index is 0.183. The lowest BCUT2D eigenvalue weighted by molar-refractivity contribution is 0.0977. The number of carbonyl (C=O) groups is 1. The van der Waals surface area contributed by atoms with Gasteiger partial charge in [-0.25, -0.2) is 0 Å². The third-order valence-electron chi connectivity index (χ3n) is 2.83. The number of halogens is 2. The van der Waals surface area contributed by atoms with Crippen molar-refractivity contribution in [2.75, 3.05) is 5.32 Å². The van der Waals surface area contributed by atoms with Crippen LogP contribution in [0.4, 0.5) is 5.69 Å². The van der Waals surface area contributed by atoms with Crippen LogP contribution < -0.4 is 10.6 Å². The van der Waals surface area contributed by atoms with Gasteiger partial charge in [-0.15, -0.1) is 0 Å². The Labute approximate surface area is 144 Å². The number of rotatable bonds is 2. The summed E-state index contributed by atoms with van der Waals surface area (Å²) in [6.45, 7) is 3.88. The second-order valence-electron chi connectivity index (χ2n) is 4.94. The first-order valence-corrected chi connectivity index (χ1v) is 7.66. The van der Waals surface area contributed by atoms with Gasteiger partial charge in [0, 0.05) is 21.3 Å². The van der Waals surface area contributed by atoms with E-state index in [-0.39, 0.29) is 11.0 Å². The van der Waals surface area contributed by atoms with Crippen LogP contribution in [0.2, 0.25) is 10.0 Å². The number of nitrogens with one attached hydrogen (secondary N) is 2. The predicted molar refractivity (Wildman–Crippen MR) is 96.1 cm³/mol. The molecule has 114 valence electrons. The number of carbonyl (C=O) groups excluding carboxylic acids is 1. The molecule has 0 heterocycles. The van der Waals surface area contributed by atoms with Gasteiger partial charge in [0.05, 0.1) is 0 Å². The molecule has 0 bridgehead atoms. The lowest BCUT2D eigenvalue weighted by Crippen LogP contribution is -2.34. The van der Waals surface area contributed by atoms with Crippen molar-refractivity contribution in [3.05, 3.63) is 63.1 Å². The molecule has 2 N–H and O–H groups in total. The quantitative estimate of drug-likeness (QED) is 0.767. The molecule has 2 aromatic rings. The van der Waals surface area contributed by atoms with E-state index in [4.69, 9.17) is 35.4 Å². The van der Waals surface area contributed by atoms with Gasteiger partial charge in [-0.05, 0) is 56.4 Å². The van der Waals surface area contributed by atoms with E-state index in [0.717, 1.165) is 11.1 Å². The van der Waals surface area contributed by atoms with Crippen LogP contribution in [-0.4, -0.2) is 11.0 Å². The van der Waals surface area contributed by atoms with E-state index in [1.165, 1.54) is 0 Å². The van der Waals surface area contributed by atoms with Gasteiger partial charge in [-0.2, -0.15) is 0 Å². The fraction of sp³-hybridized carbons (Fsp3) is 0.125. The zero-order chi connectivity index (χ0) is 16.3. The maximum absolute atomic E-state index is 12.2. The van der Waals surface area contributed by atoms with Crippen LogP contribution in [0.1, 0.15) is 21.5 Å². The van der Waals surface area contributed by atoms with E-state index in [2.05, 4.69) is 10.6 Å². The highest BCUT2D eigenvalue weighted by Crippen LogP contribution is 2.22. The Morgan fingerprint density at radius 3 is 2.05 bits per heavy atom. The minimum atomic E-state index is -0.266. The molecule has 3 nitrogen and oxygen atoms in total. The summed E-state index contributed by atoms with van der Waals surface area (Å²) in [5.74, 6) is -0.266. The van der Waals surface area contributed by atoms with Crippen molar-refractivity contribution >= 4 is 52.1 Å². The molecular formula is C16H14Cl2N2OS. The number of thiocarbonyl (C=S) groups is 1. The molecule has 0 aromatic heterocycles. The SMILES string of the molecule is Cc1cc(C)cc(C(=O)NC(=S)Nc2cc(Cl)cc(Cl)c2)c1. The largest absolute Gasteiger partial charge is 0.332 e. The average molecular weight is 353 g/mol. The molecule has 1 amide bonds. The molecule has 0 aliphatic heterocycles. The molecule has 0 radical (unpaired) electrons. The summed E-state index contributed by atoms with van der Waals surface area (Å²) in [5.41, 5.74) is 3.21. The van der Waals surface area contributed by atoms with Crippen molar-refractivity contribution < 1.29 is 4.79 Å². The normalized spacial score (nSPS) is 10.2. The van der Waals surface area contributed by atoms with Gasteiger partial charge in [0.2, 0.25) is 0 Å². The number of aryl methyl sites for hydroxylation is 2. The number of anilines is 1. The molecular weight excluding hydrogens is 339 g/mol. The van der Waals surface area contributed by atoms with Crippen molar-refractivity contribution in [2.45, 2.75) is 13.8 Å². The summed E-state index contributed by atoms with van der Waals surface area (Å²) in [6, 6.07) is 10.6. The summed E-state index contributed by atoms with van der Waals surface area (Å²) < 4.78 is 0. The second-order valence-corrected chi connectivity index (χ2v) is 6.22. The summed E-state index contributed by atoms with van der Waals surface area (Å²) in [5, 5.41) is 6.67. The molecule has 0 aliphatic rings. The molecule has 0 unspecified atom stereocenters. The van der Waals surface area contributed by atoms with Crippen molar-refractivity contribution in [2.24, 2.45) is 0 Å². The fourth-order valence-electron chi connectivity index (χ4n) is 2.07. The van der Waals surface area contributed by atoms with Gasteiger partial charge in [0.15, 0.2) is 5.11 Å². The molecule has 22 heavy (non-hydrogen) atoms. The highest BCUT2D eigenvalue weighted by atomic mass is 35.5. The first-order chi connectivity index (χ1) is 10.3. The average Bonchev–Trinajstić information content (AvgIpc) is 2.35. The Morgan fingerprint density at radius 1 is 0.955 bits per heavy atom. The molecule has 0 aliphatic carbocycles. The molecule has 6 heteroatoms. The lowest BCUT2D eigenvalue weighted by atomic mass is 10.1. The highest BCUT2D eigenvalue weighted by Gasteiger charge is 2.09. The Kier molecular flexibility index (Phi) is 5.40. The third-order valence-corrected chi connectivity index (χ3v) is 3.47. The van der Waals surface area contributed by atoms with Crippen LogP contribution in [0.25, 0.3) is 0 Å². The van der Waals surface area contributed by atoms with Crippen LogP contribution in [0.15, 0.2) is 36.4 Å². The van der Waals surface area contributed by atoms with Crippen LogP contribution in [0.3, 0.4) is 0 Å². The first-order valence-electron chi connectivity index (χ1n) is 6.50.